The summed E-state index contributed by atoms with van der Waals surface area (Å²) in [7, 11) is 0. The first-order valence-electron chi connectivity index (χ1n) is 18.8. The summed E-state index contributed by atoms with van der Waals surface area (Å²) in [6.07, 6.45) is 8.36. The van der Waals surface area contributed by atoms with E-state index in [9.17, 15) is 9.59 Å². The Bertz CT molecular complexity index is 1740. The summed E-state index contributed by atoms with van der Waals surface area (Å²) in [4.78, 5) is 45.4. The van der Waals surface area contributed by atoms with Crippen LogP contribution in [-0.2, 0) is 9.47 Å². The van der Waals surface area contributed by atoms with Crippen molar-refractivity contribution >= 4 is 12.2 Å². The average Bonchev–Trinajstić information content (AvgIpc) is 3.93. The zero-order valence-electron chi connectivity index (χ0n) is 31.6. The van der Waals surface area contributed by atoms with E-state index in [-0.39, 0.29) is 36.4 Å². The second-order valence-corrected chi connectivity index (χ2v) is 16.0. The molecule has 3 aliphatic heterocycles. The molecule has 3 saturated heterocycles. The predicted molar refractivity (Wildman–Crippen MR) is 196 cm³/mol. The van der Waals surface area contributed by atoms with Gasteiger partial charge >= 0.3 is 12.2 Å². The number of H-pyrrole nitrogens is 2. The van der Waals surface area contributed by atoms with Gasteiger partial charge in [0.25, 0.3) is 0 Å². The van der Waals surface area contributed by atoms with E-state index in [1.54, 1.807) is 15.1 Å². The van der Waals surface area contributed by atoms with E-state index >= 15 is 0 Å². The Balaban J connectivity index is 0.975. The molecule has 0 saturated carbocycles. The number of imidazole rings is 2. The van der Waals surface area contributed by atoms with E-state index in [0.717, 1.165) is 83.8 Å². The molecule has 270 valence electrons. The van der Waals surface area contributed by atoms with Gasteiger partial charge in [-0.1, -0.05) is 48.5 Å². The Hall–Kier alpha value is -4.64. The van der Waals surface area contributed by atoms with Gasteiger partial charge < -0.3 is 24.8 Å². The fourth-order valence-electron chi connectivity index (χ4n) is 7.44. The van der Waals surface area contributed by atoms with Crippen LogP contribution in [0, 0.1) is 0 Å². The number of aromatic amines is 2. The highest BCUT2D eigenvalue weighted by Gasteiger charge is 2.36. The highest BCUT2D eigenvalue weighted by molar-refractivity contribution is 5.70. The van der Waals surface area contributed by atoms with Gasteiger partial charge in [-0.15, -0.1) is 0 Å². The number of carbonyl (C=O) groups excluding carboxylic acids is 2. The quantitative estimate of drug-likeness (QED) is 0.184. The molecule has 4 unspecified atom stereocenters. The maximum atomic E-state index is 12.8. The molecule has 3 N–H and O–H groups in total. The number of nitrogens with zero attached hydrogens (tertiary/aromatic N) is 4. The summed E-state index contributed by atoms with van der Waals surface area (Å²) in [5.41, 5.74) is 4.96. The molecule has 11 nitrogen and oxygen atoms in total. The minimum absolute atomic E-state index is 0.00794. The molecule has 4 aromatic rings. The number of benzene rings is 2. The molecular formula is C40H51N7O4. The maximum Gasteiger partial charge on any atom is 0.410 e. The molecule has 11 heteroatoms. The van der Waals surface area contributed by atoms with Crippen LogP contribution in [0.2, 0.25) is 1.41 Å². The van der Waals surface area contributed by atoms with Crippen molar-refractivity contribution in [1.29, 1.82) is 0 Å². The van der Waals surface area contributed by atoms with Crippen molar-refractivity contribution in [3.8, 4) is 22.5 Å². The van der Waals surface area contributed by atoms with Crippen molar-refractivity contribution in [3.63, 3.8) is 0 Å². The summed E-state index contributed by atoms with van der Waals surface area (Å²) >= 11 is 0. The van der Waals surface area contributed by atoms with Gasteiger partial charge in [-0.25, -0.2) is 19.6 Å². The second-order valence-electron chi connectivity index (χ2n) is 16.0. The fourth-order valence-corrected chi connectivity index (χ4v) is 7.44. The van der Waals surface area contributed by atoms with Gasteiger partial charge in [0.15, 0.2) is 0 Å². The Labute approximate surface area is 302 Å². The van der Waals surface area contributed by atoms with Crippen LogP contribution >= 0.6 is 0 Å². The standard InChI is InChI=1S/C40H51N7O4/c1-39(2,3)50-37(48)46-21-7-9-33(46)35-41-23-31(44-35)27-15-11-25(12-16-27)29-19-20-30(43-29)26-13-17-28(18-14-26)32-24-42-36(45-32)34-10-8-22-47(34)38(49)51-40(4,5)6/h11-18,23-24,29-30,33-34,43H,7-10,19-22H2,1-6H3,(H,41,44)(H,42,45)/i/hD. The minimum Gasteiger partial charge on any atom is -0.444 e. The SMILES string of the molecule is [2H]N1C(c2ccc(-c3cnc(C4CCCN4C(=O)OC(C)(C)C)[nH]3)cc2)CCC1c1ccc(-c2cnc(C3CCCN3C(=O)OC(C)(C)C)[nH]2)cc1. The van der Waals surface area contributed by atoms with Crippen LogP contribution in [0.25, 0.3) is 22.5 Å². The molecule has 51 heavy (non-hydrogen) atoms. The van der Waals surface area contributed by atoms with Gasteiger partial charge in [-0.2, -0.15) is 0 Å². The van der Waals surface area contributed by atoms with Crippen molar-refractivity contribution < 1.29 is 20.5 Å². The van der Waals surface area contributed by atoms with Gasteiger partial charge in [0.2, 0.25) is 0 Å². The highest BCUT2D eigenvalue weighted by Crippen LogP contribution is 2.37. The van der Waals surface area contributed by atoms with E-state index in [2.05, 4.69) is 68.5 Å². The van der Waals surface area contributed by atoms with Crippen molar-refractivity contribution in [2.24, 2.45) is 0 Å². The lowest BCUT2D eigenvalue weighted by Gasteiger charge is -2.27. The molecule has 0 aliphatic carbocycles. The first-order valence-corrected chi connectivity index (χ1v) is 18.3. The van der Waals surface area contributed by atoms with E-state index in [0.29, 0.717) is 13.1 Å². The maximum absolute atomic E-state index is 12.8. The summed E-state index contributed by atoms with van der Waals surface area (Å²) in [5, 5.41) is 1.74. The molecule has 2 aromatic carbocycles. The fraction of sp³-hybridized carbons (Fsp3) is 0.500. The first kappa shape index (κ1) is 33.5. The minimum atomic E-state index is -0.546. The van der Waals surface area contributed by atoms with Gasteiger partial charge in [0, 0.05) is 25.2 Å². The Morgan fingerprint density at radius 1 is 0.667 bits per heavy atom. The molecule has 0 bridgehead atoms. The number of likely N-dealkylation sites (tertiary alicyclic amines) is 2. The lowest BCUT2D eigenvalue weighted by atomic mass is 10.0. The zero-order valence-corrected chi connectivity index (χ0v) is 30.6. The molecular weight excluding hydrogens is 642 g/mol. The number of nitrogens with one attached hydrogen (secondary N) is 3. The molecule has 2 amide bonds. The largest absolute Gasteiger partial charge is 0.444 e. The van der Waals surface area contributed by atoms with Gasteiger partial charge in [-0.05, 0) is 102 Å². The third-order valence-electron chi connectivity index (χ3n) is 9.87. The number of ether oxygens (including phenoxy) is 2. The highest BCUT2D eigenvalue weighted by atomic mass is 16.6. The van der Waals surface area contributed by atoms with Crippen molar-refractivity contribution in [3.05, 3.63) is 83.7 Å². The van der Waals surface area contributed by atoms with E-state index in [1.165, 1.54) is 0 Å². The molecule has 4 atom stereocenters. The lowest BCUT2D eigenvalue weighted by molar-refractivity contribution is 0.0208. The van der Waals surface area contributed by atoms with E-state index in [1.807, 2.05) is 53.9 Å². The van der Waals surface area contributed by atoms with Crippen LogP contribution < -0.4 is 5.31 Å². The van der Waals surface area contributed by atoms with Gasteiger partial charge in [0.1, 0.15) is 24.3 Å². The number of hydrogen-bond donors (Lipinski definition) is 3. The van der Waals surface area contributed by atoms with Crippen molar-refractivity contribution in [2.75, 3.05) is 13.1 Å². The number of rotatable bonds is 6. The normalized spacial score (nSPS) is 23.1. The smallest absolute Gasteiger partial charge is 0.410 e. The van der Waals surface area contributed by atoms with E-state index < -0.39 is 11.2 Å². The summed E-state index contributed by atoms with van der Waals surface area (Å²) in [6, 6.07) is 16.5. The van der Waals surface area contributed by atoms with Crippen LogP contribution in [0.3, 0.4) is 0 Å². The van der Waals surface area contributed by atoms with Gasteiger partial charge in [0.05, 0.1) is 35.9 Å². The summed E-state index contributed by atoms with van der Waals surface area (Å²) in [5.74, 6) is 1.55. The van der Waals surface area contributed by atoms with Crippen molar-refractivity contribution in [1.82, 2.24) is 35.0 Å². The average molecular weight is 695 g/mol. The van der Waals surface area contributed by atoms with Crippen LogP contribution in [-0.4, -0.2) is 66.2 Å². The van der Waals surface area contributed by atoms with Gasteiger partial charge in [-0.3, -0.25) is 9.80 Å². The molecule has 2 aromatic heterocycles. The Morgan fingerprint density at radius 2 is 1.06 bits per heavy atom. The molecule has 3 aliphatic rings. The van der Waals surface area contributed by atoms with Crippen LogP contribution in [0.4, 0.5) is 9.59 Å². The number of hydrogen-bond acceptors (Lipinski definition) is 7. The topological polar surface area (TPSA) is 128 Å². The number of aromatic nitrogens is 4. The molecule has 3 fully saturated rings. The zero-order chi connectivity index (χ0) is 36.8. The third-order valence-corrected chi connectivity index (χ3v) is 9.87. The number of amides is 2. The third kappa shape index (κ3) is 7.83. The first-order chi connectivity index (χ1) is 24.7. The monoisotopic (exact) mass is 694 g/mol. The molecule has 0 radical (unpaired) electrons. The molecule has 5 heterocycles. The molecule has 7 rings (SSSR count). The molecule has 0 spiro atoms. The summed E-state index contributed by atoms with van der Waals surface area (Å²) in [6.45, 7) is 12.6. The lowest BCUT2D eigenvalue weighted by Crippen LogP contribution is -2.36. The Morgan fingerprint density at radius 3 is 1.43 bits per heavy atom. The van der Waals surface area contributed by atoms with Crippen LogP contribution in [0.5, 0.6) is 0 Å². The van der Waals surface area contributed by atoms with E-state index in [4.69, 9.17) is 10.9 Å². The predicted octanol–water partition coefficient (Wildman–Crippen LogP) is 8.78. The second kappa shape index (κ2) is 13.8. The van der Waals surface area contributed by atoms with Crippen LogP contribution in [0.1, 0.15) is 127 Å². The number of carbonyl (C=O) groups is 2. The summed E-state index contributed by atoms with van der Waals surface area (Å²) < 4.78 is 20.4. The Kier molecular flexibility index (Phi) is 9.08. The van der Waals surface area contributed by atoms with Crippen molar-refractivity contribution in [2.45, 2.75) is 115 Å². The van der Waals surface area contributed by atoms with Crippen LogP contribution in [0.15, 0.2) is 60.9 Å².